The van der Waals surface area contributed by atoms with E-state index in [0.29, 0.717) is 23.6 Å². The third kappa shape index (κ3) is 5.43. The van der Waals surface area contributed by atoms with Gasteiger partial charge in [0.25, 0.3) is 0 Å². The van der Waals surface area contributed by atoms with Crippen LogP contribution in [0.15, 0.2) is 35.5 Å². The van der Waals surface area contributed by atoms with Gasteiger partial charge in [-0.15, -0.1) is 0 Å². The van der Waals surface area contributed by atoms with Crippen molar-refractivity contribution in [3.05, 3.63) is 41.1 Å². The maximum Gasteiger partial charge on any atom is 0.338 e. The largest absolute Gasteiger partial charge is 0.493 e. The number of para-hydroxylation sites is 1. The second-order valence-electron chi connectivity index (χ2n) is 5.65. The molecular weight excluding hydrogens is 403 g/mol. The van der Waals surface area contributed by atoms with Gasteiger partial charge in [-0.2, -0.15) is 0 Å². The molecule has 1 aromatic rings. The predicted molar refractivity (Wildman–Crippen MR) is 101 cm³/mol. The van der Waals surface area contributed by atoms with Gasteiger partial charge in [0.1, 0.15) is 12.4 Å². The van der Waals surface area contributed by atoms with E-state index in [1.165, 1.54) is 0 Å². The third-order valence-corrected chi connectivity index (χ3v) is 3.88. The molecule has 1 heterocycles. The van der Waals surface area contributed by atoms with E-state index < -0.39 is 28.4 Å². The number of urea groups is 1. The molecule has 1 aromatic carbocycles. The van der Waals surface area contributed by atoms with Crippen LogP contribution in [0.2, 0.25) is 0 Å². The number of nitrogens with one attached hydrogen (secondary N) is 2. The van der Waals surface area contributed by atoms with Gasteiger partial charge in [0.05, 0.1) is 18.2 Å². The first-order chi connectivity index (χ1) is 12.2. The van der Waals surface area contributed by atoms with E-state index in [1.54, 1.807) is 25.1 Å². The fourth-order valence-electron chi connectivity index (χ4n) is 2.49. The van der Waals surface area contributed by atoms with E-state index in [0.717, 1.165) is 6.42 Å². The first-order valence-electron chi connectivity index (χ1n) is 7.96. The molecule has 0 saturated heterocycles. The van der Waals surface area contributed by atoms with E-state index in [4.69, 9.17) is 44.3 Å². The van der Waals surface area contributed by atoms with Crippen LogP contribution in [0.5, 0.6) is 5.75 Å². The summed E-state index contributed by atoms with van der Waals surface area (Å²) in [5, 5.41) is 5.28. The van der Waals surface area contributed by atoms with E-state index in [-0.39, 0.29) is 5.57 Å². The van der Waals surface area contributed by atoms with Gasteiger partial charge in [-0.1, -0.05) is 59.9 Å². The van der Waals surface area contributed by atoms with Crippen LogP contribution in [0.1, 0.15) is 31.9 Å². The SMILES string of the molecule is CCCOc1ccccc1[C@@H]1NC(=O)NC(C)=C1C(=O)OCC(Cl)(Cl)Cl. The van der Waals surface area contributed by atoms with Crippen molar-refractivity contribution in [1.82, 2.24) is 10.6 Å². The number of benzene rings is 1. The van der Waals surface area contributed by atoms with Gasteiger partial charge in [0, 0.05) is 11.3 Å². The van der Waals surface area contributed by atoms with Gasteiger partial charge < -0.3 is 20.1 Å². The molecular formula is C17H19Cl3N2O4. The fourth-order valence-corrected chi connectivity index (χ4v) is 2.65. The van der Waals surface area contributed by atoms with Crippen molar-refractivity contribution < 1.29 is 19.1 Å². The molecule has 2 rings (SSSR count). The zero-order valence-corrected chi connectivity index (χ0v) is 16.5. The minimum absolute atomic E-state index is 0.214. The Balaban J connectivity index is 2.37. The predicted octanol–water partition coefficient (Wildman–Crippen LogP) is 4.02. The van der Waals surface area contributed by atoms with Crippen molar-refractivity contribution in [2.75, 3.05) is 13.2 Å². The number of carbonyl (C=O) groups is 2. The maximum atomic E-state index is 12.6. The van der Waals surface area contributed by atoms with Gasteiger partial charge in [-0.3, -0.25) is 0 Å². The zero-order chi connectivity index (χ0) is 19.3. The molecule has 0 radical (unpaired) electrons. The quantitative estimate of drug-likeness (QED) is 0.537. The number of ether oxygens (including phenoxy) is 2. The highest BCUT2D eigenvalue weighted by molar-refractivity contribution is 6.67. The highest BCUT2D eigenvalue weighted by Gasteiger charge is 2.35. The van der Waals surface area contributed by atoms with Crippen molar-refractivity contribution in [1.29, 1.82) is 0 Å². The van der Waals surface area contributed by atoms with Crippen molar-refractivity contribution >= 4 is 46.8 Å². The third-order valence-electron chi connectivity index (χ3n) is 3.55. The number of esters is 1. The average Bonchev–Trinajstić information content (AvgIpc) is 2.57. The second kappa shape index (κ2) is 8.84. The van der Waals surface area contributed by atoms with Gasteiger partial charge in [0.2, 0.25) is 3.79 Å². The van der Waals surface area contributed by atoms with Crippen molar-refractivity contribution in [2.24, 2.45) is 0 Å². The Kier molecular flexibility index (Phi) is 7.03. The fraction of sp³-hybridized carbons (Fsp3) is 0.412. The smallest absolute Gasteiger partial charge is 0.338 e. The molecule has 2 amide bonds. The molecule has 0 unspecified atom stereocenters. The Morgan fingerprint density at radius 3 is 2.62 bits per heavy atom. The number of alkyl halides is 3. The molecule has 0 fully saturated rings. The standard InChI is InChI=1S/C17H19Cl3N2O4/c1-3-8-25-12-7-5-4-6-11(12)14-13(10(2)21-16(24)22-14)15(23)26-9-17(18,19)20/h4-7,14H,3,8-9H2,1-2H3,(H2,21,22,24)/t14-/m0/s1. The number of amides is 2. The van der Waals surface area contributed by atoms with E-state index in [1.807, 2.05) is 13.0 Å². The molecule has 142 valence electrons. The molecule has 0 bridgehead atoms. The maximum absolute atomic E-state index is 12.6. The van der Waals surface area contributed by atoms with Crippen LogP contribution in [0, 0.1) is 0 Å². The summed E-state index contributed by atoms with van der Waals surface area (Å²) < 4.78 is 9.11. The van der Waals surface area contributed by atoms with Crippen LogP contribution >= 0.6 is 34.8 Å². The monoisotopic (exact) mass is 420 g/mol. The highest BCUT2D eigenvalue weighted by atomic mass is 35.6. The highest BCUT2D eigenvalue weighted by Crippen LogP contribution is 2.34. The summed E-state index contributed by atoms with van der Waals surface area (Å²) in [6.07, 6.45) is 0.819. The van der Waals surface area contributed by atoms with Crippen LogP contribution in [0.4, 0.5) is 4.79 Å². The van der Waals surface area contributed by atoms with Gasteiger partial charge >= 0.3 is 12.0 Å². The normalized spacial score (nSPS) is 17.4. The number of hydrogen-bond acceptors (Lipinski definition) is 4. The molecule has 6 nitrogen and oxygen atoms in total. The molecule has 1 aliphatic rings. The summed E-state index contributed by atoms with van der Waals surface area (Å²) in [4.78, 5) is 24.5. The topological polar surface area (TPSA) is 76.7 Å². The second-order valence-corrected chi connectivity index (χ2v) is 8.16. The van der Waals surface area contributed by atoms with Crippen molar-refractivity contribution in [3.63, 3.8) is 0 Å². The number of halogens is 3. The van der Waals surface area contributed by atoms with Gasteiger partial charge in [-0.25, -0.2) is 9.59 Å². The van der Waals surface area contributed by atoms with E-state index >= 15 is 0 Å². The summed E-state index contributed by atoms with van der Waals surface area (Å²) >= 11 is 16.9. The van der Waals surface area contributed by atoms with Crippen LogP contribution < -0.4 is 15.4 Å². The lowest BCUT2D eigenvalue weighted by Crippen LogP contribution is -2.45. The number of hydrogen-bond donors (Lipinski definition) is 2. The summed E-state index contributed by atoms with van der Waals surface area (Å²) in [5.74, 6) is -0.127. The molecule has 26 heavy (non-hydrogen) atoms. The van der Waals surface area contributed by atoms with Crippen molar-refractivity contribution in [3.8, 4) is 5.75 Å². The Morgan fingerprint density at radius 1 is 1.27 bits per heavy atom. The van der Waals surface area contributed by atoms with Crippen LogP contribution in [-0.2, 0) is 9.53 Å². The molecule has 9 heteroatoms. The van der Waals surface area contributed by atoms with Crippen LogP contribution in [0.25, 0.3) is 0 Å². The Morgan fingerprint density at radius 2 is 1.96 bits per heavy atom. The Bertz CT molecular complexity index is 716. The van der Waals surface area contributed by atoms with E-state index in [9.17, 15) is 9.59 Å². The molecule has 1 aliphatic heterocycles. The van der Waals surface area contributed by atoms with Gasteiger partial charge in [0.15, 0.2) is 0 Å². The first-order valence-corrected chi connectivity index (χ1v) is 9.10. The first kappa shape index (κ1) is 20.7. The minimum atomic E-state index is -1.73. The summed E-state index contributed by atoms with van der Waals surface area (Å²) in [5.41, 5.74) is 1.21. The van der Waals surface area contributed by atoms with Crippen molar-refractivity contribution in [2.45, 2.75) is 30.1 Å². The lowest BCUT2D eigenvalue weighted by Gasteiger charge is -2.29. The molecule has 0 spiro atoms. The summed E-state index contributed by atoms with van der Waals surface area (Å²) in [7, 11) is 0. The minimum Gasteiger partial charge on any atom is -0.493 e. The average molecular weight is 422 g/mol. The Hall–Kier alpha value is -1.63. The molecule has 0 saturated carbocycles. The van der Waals surface area contributed by atoms with E-state index in [2.05, 4.69) is 10.6 Å². The summed E-state index contributed by atoms with van der Waals surface area (Å²) in [6.45, 7) is 3.68. The zero-order valence-electron chi connectivity index (χ0n) is 14.3. The lowest BCUT2D eigenvalue weighted by molar-refractivity contribution is -0.139. The number of rotatable bonds is 6. The van der Waals surface area contributed by atoms with Crippen LogP contribution in [-0.4, -0.2) is 29.0 Å². The van der Waals surface area contributed by atoms with Crippen LogP contribution in [0.3, 0.4) is 0 Å². The Labute approximate surface area is 166 Å². The van der Waals surface area contributed by atoms with Gasteiger partial charge in [-0.05, 0) is 19.4 Å². The molecule has 0 aromatic heterocycles. The summed E-state index contributed by atoms with van der Waals surface area (Å²) in [6, 6.07) is 5.97. The molecule has 0 aliphatic carbocycles. The molecule has 2 N–H and O–H groups in total. The number of allylic oxidation sites excluding steroid dienone is 1. The number of carbonyl (C=O) groups excluding carboxylic acids is 2. The lowest BCUT2D eigenvalue weighted by atomic mass is 9.95. The molecule has 1 atom stereocenters.